The van der Waals surface area contributed by atoms with Crippen molar-refractivity contribution >= 4 is 62.3 Å². The van der Waals surface area contributed by atoms with E-state index in [-0.39, 0.29) is 33.1 Å². The van der Waals surface area contributed by atoms with Gasteiger partial charge in [-0.2, -0.15) is 0 Å². The molecule has 1 atom stereocenters. The molecule has 0 bridgehead atoms. The standard InChI is InChI=1S/C28H30Cl3N3O4S/c1-4-26(28(36)32-5-2)33(17-20-8-6-7-9-25(20)31)27(35)18-34(23-15-21(29)14-22(30)16-23)39(37,38)24-12-10-19(3)11-13-24/h6-16,26H,4-5,17-18H2,1-3H3,(H,32,36). The van der Waals surface area contributed by atoms with Gasteiger partial charge >= 0.3 is 0 Å². The van der Waals surface area contributed by atoms with E-state index in [1.807, 2.05) is 6.92 Å². The summed E-state index contributed by atoms with van der Waals surface area (Å²) in [5, 5.41) is 3.59. The van der Waals surface area contributed by atoms with E-state index in [4.69, 9.17) is 34.8 Å². The average molecular weight is 611 g/mol. The Kier molecular flexibility index (Phi) is 10.7. The van der Waals surface area contributed by atoms with Crippen LogP contribution in [0.2, 0.25) is 15.1 Å². The van der Waals surface area contributed by atoms with Crippen LogP contribution in [0.3, 0.4) is 0 Å². The summed E-state index contributed by atoms with van der Waals surface area (Å²) >= 11 is 18.8. The number of benzene rings is 3. The highest BCUT2D eigenvalue weighted by molar-refractivity contribution is 7.92. The lowest BCUT2D eigenvalue weighted by atomic mass is 10.1. The number of aryl methyl sites for hydroxylation is 1. The zero-order chi connectivity index (χ0) is 28.7. The predicted octanol–water partition coefficient (Wildman–Crippen LogP) is 6.09. The molecule has 7 nitrogen and oxygen atoms in total. The van der Waals surface area contributed by atoms with E-state index in [1.54, 1.807) is 50.2 Å². The number of nitrogens with one attached hydrogen (secondary N) is 1. The first kappa shape index (κ1) is 30.8. The van der Waals surface area contributed by atoms with Gasteiger partial charge in [0, 0.05) is 28.2 Å². The van der Waals surface area contributed by atoms with E-state index in [9.17, 15) is 18.0 Å². The number of hydrogen-bond donors (Lipinski definition) is 1. The van der Waals surface area contributed by atoms with E-state index in [2.05, 4.69) is 5.32 Å². The number of carbonyl (C=O) groups is 2. The molecular formula is C28H30Cl3N3O4S. The number of hydrogen-bond acceptors (Lipinski definition) is 4. The smallest absolute Gasteiger partial charge is 0.264 e. The lowest BCUT2D eigenvalue weighted by molar-refractivity contribution is -0.140. The number of rotatable bonds is 11. The van der Waals surface area contributed by atoms with Crippen molar-refractivity contribution in [3.05, 3.63) is 92.9 Å². The van der Waals surface area contributed by atoms with Gasteiger partial charge < -0.3 is 10.2 Å². The van der Waals surface area contributed by atoms with Crippen LogP contribution in [0.4, 0.5) is 5.69 Å². The Morgan fingerprint density at radius 2 is 1.54 bits per heavy atom. The molecule has 0 aliphatic carbocycles. The van der Waals surface area contributed by atoms with Crippen LogP contribution in [0.1, 0.15) is 31.4 Å². The Morgan fingerprint density at radius 3 is 2.10 bits per heavy atom. The van der Waals surface area contributed by atoms with Crippen LogP contribution in [-0.2, 0) is 26.2 Å². The maximum Gasteiger partial charge on any atom is 0.264 e. The number of likely N-dealkylation sites (N-methyl/N-ethyl adjacent to an activating group) is 1. The predicted molar refractivity (Wildman–Crippen MR) is 157 cm³/mol. The minimum atomic E-state index is -4.23. The van der Waals surface area contributed by atoms with Crippen LogP contribution < -0.4 is 9.62 Å². The first-order chi connectivity index (χ1) is 18.5. The molecule has 2 amide bonds. The van der Waals surface area contributed by atoms with Crippen molar-refractivity contribution in [2.45, 2.75) is 44.7 Å². The summed E-state index contributed by atoms with van der Waals surface area (Å²) in [7, 11) is -4.23. The fourth-order valence-corrected chi connectivity index (χ4v) is 6.18. The minimum Gasteiger partial charge on any atom is -0.355 e. The number of carbonyl (C=O) groups excluding carboxylic acids is 2. The molecule has 11 heteroatoms. The van der Waals surface area contributed by atoms with Gasteiger partial charge in [0.1, 0.15) is 12.6 Å². The van der Waals surface area contributed by atoms with Crippen molar-refractivity contribution in [3.8, 4) is 0 Å². The van der Waals surface area contributed by atoms with E-state index < -0.39 is 28.5 Å². The molecule has 0 spiro atoms. The Labute approximate surface area is 244 Å². The van der Waals surface area contributed by atoms with E-state index in [1.165, 1.54) is 35.2 Å². The molecule has 0 radical (unpaired) electrons. The molecule has 39 heavy (non-hydrogen) atoms. The summed E-state index contributed by atoms with van der Waals surface area (Å²) in [4.78, 5) is 28.3. The molecule has 1 unspecified atom stereocenters. The van der Waals surface area contributed by atoms with Gasteiger partial charge in [0.15, 0.2) is 0 Å². The van der Waals surface area contributed by atoms with Gasteiger partial charge in [0.2, 0.25) is 11.8 Å². The van der Waals surface area contributed by atoms with Crippen molar-refractivity contribution in [3.63, 3.8) is 0 Å². The van der Waals surface area contributed by atoms with Crippen LogP contribution in [0.25, 0.3) is 0 Å². The van der Waals surface area contributed by atoms with Gasteiger partial charge in [0.05, 0.1) is 10.6 Å². The van der Waals surface area contributed by atoms with Crippen LogP contribution >= 0.6 is 34.8 Å². The van der Waals surface area contributed by atoms with E-state index in [0.717, 1.165) is 9.87 Å². The number of amides is 2. The molecule has 3 aromatic rings. The summed E-state index contributed by atoms with van der Waals surface area (Å²) < 4.78 is 28.7. The topological polar surface area (TPSA) is 86.8 Å². The minimum absolute atomic E-state index is 0.00285. The molecule has 0 fully saturated rings. The molecule has 3 aromatic carbocycles. The largest absolute Gasteiger partial charge is 0.355 e. The molecule has 0 aliphatic heterocycles. The van der Waals surface area contributed by atoms with Gasteiger partial charge in [-0.25, -0.2) is 8.42 Å². The van der Waals surface area contributed by atoms with Crippen LogP contribution in [-0.4, -0.2) is 44.3 Å². The monoisotopic (exact) mass is 609 g/mol. The second-order valence-electron chi connectivity index (χ2n) is 8.88. The number of anilines is 1. The van der Waals surface area contributed by atoms with Crippen molar-refractivity contribution in [1.82, 2.24) is 10.2 Å². The second kappa shape index (κ2) is 13.5. The molecule has 0 aliphatic rings. The van der Waals surface area contributed by atoms with E-state index in [0.29, 0.717) is 23.6 Å². The second-order valence-corrected chi connectivity index (χ2v) is 12.0. The third kappa shape index (κ3) is 7.66. The van der Waals surface area contributed by atoms with Crippen LogP contribution in [0.15, 0.2) is 71.6 Å². The van der Waals surface area contributed by atoms with Crippen molar-refractivity contribution in [2.24, 2.45) is 0 Å². The molecule has 3 rings (SSSR count). The molecule has 208 valence electrons. The maximum absolute atomic E-state index is 14.0. The van der Waals surface area contributed by atoms with Gasteiger partial charge in [-0.3, -0.25) is 13.9 Å². The lowest BCUT2D eigenvalue weighted by Crippen LogP contribution is -2.52. The summed E-state index contributed by atoms with van der Waals surface area (Å²) in [6.07, 6.45) is 0.301. The summed E-state index contributed by atoms with van der Waals surface area (Å²) in [5.74, 6) is -0.945. The fraction of sp³-hybridized carbons (Fsp3) is 0.286. The van der Waals surface area contributed by atoms with E-state index >= 15 is 0 Å². The highest BCUT2D eigenvalue weighted by atomic mass is 35.5. The Balaban J connectivity index is 2.11. The van der Waals surface area contributed by atoms with Gasteiger partial charge in [-0.1, -0.05) is 77.6 Å². The molecule has 1 N–H and O–H groups in total. The SMILES string of the molecule is CCNC(=O)C(CC)N(Cc1ccccc1Cl)C(=O)CN(c1cc(Cl)cc(Cl)c1)S(=O)(=O)c1ccc(C)cc1. The van der Waals surface area contributed by atoms with Gasteiger partial charge in [-0.05, 0) is 62.2 Å². The molecular weight excluding hydrogens is 581 g/mol. The highest BCUT2D eigenvalue weighted by Gasteiger charge is 2.34. The normalized spacial score (nSPS) is 12.1. The highest BCUT2D eigenvalue weighted by Crippen LogP contribution is 2.30. The molecule has 0 saturated heterocycles. The average Bonchev–Trinajstić information content (AvgIpc) is 2.87. The van der Waals surface area contributed by atoms with Gasteiger partial charge in [0.25, 0.3) is 10.0 Å². The van der Waals surface area contributed by atoms with Crippen LogP contribution in [0, 0.1) is 6.92 Å². The van der Waals surface area contributed by atoms with Crippen molar-refractivity contribution in [2.75, 3.05) is 17.4 Å². The lowest BCUT2D eigenvalue weighted by Gasteiger charge is -2.33. The quantitative estimate of drug-likeness (QED) is 0.285. The first-order valence-corrected chi connectivity index (χ1v) is 14.9. The van der Waals surface area contributed by atoms with Crippen LogP contribution in [0.5, 0.6) is 0 Å². The van der Waals surface area contributed by atoms with Crippen molar-refractivity contribution in [1.29, 1.82) is 0 Å². The zero-order valence-electron chi connectivity index (χ0n) is 21.8. The zero-order valence-corrected chi connectivity index (χ0v) is 24.9. The Bertz CT molecular complexity index is 1410. The summed E-state index contributed by atoms with van der Waals surface area (Å²) in [6, 6.07) is 16.7. The fourth-order valence-electron chi connectivity index (χ4n) is 4.07. The third-order valence-electron chi connectivity index (χ3n) is 6.06. The summed E-state index contributed by atoms with van der Waals surface area (Å²) in [5.41, 5.74) is 1.61. The summed E-state index contributed by atoms with van der Waals surface area (Å²) in [6.45, 7) is 5.18. The Hall–Kier alpha value is -2.78. The van der Waals surface area contributed by atoms with Crippen molar-refractivity contribution < 1.29 is 18.0 Å². The Morgan fingerprint density at radius 1 is 0.923 bits per heavy atom. The molecule has 0 saturated carbocycles. The maximum atomic E-state index is 14.0. The number of sulfonamides is 1. The molecule has 0 heterocycles. The number of halogens is 3. The number of nitrogens with zero attached hydrogens (tertiary/aromatic N) is 2. The van der Waals surface area contributed by atoms with Gasteiger partial charge in [-0.15, -0.1) is 0 Å². The third-order valence-corrected chi connectivity index (χ3v) is 8.65. The first-order valence-electron chi connectivity index (χ1n) is 12.3. The molecule has 0 aromatic heterocycles.